The predicted octanol–water partition coefficient (Wildman–Crippen LogP) is 4.28. The van der Waals surface area contributed by atoms with Gasteiger partial charge in [0.15, 0.2) is 0 Å². The number of ether oxygens (including phenoxy) is 1. The first-order valence-corrected chi connectivity index (χ1v) is 7.81. The molecule has 2 nitrogen and oxygen atoms in total. The van der Waals surface area contributed by atoms with Crippen LogP contribution in [0.3, 0.4) is 0 Å². The maximum atomic E-state index is 12.6. The minimum atomic E-state index is -4.30. The number of halogens is 3. The molecule has 0 aliphatic heterocycles. The number of alkyl halides is 3. The lowest BCUT2D eigenvalue weighted by atomic mass is 10.1. The van der Waals surface area contributed by atoms with Gasteiger partial charge in [0.25, 0.3) is 0 Å². The molecule has 0 amide bonds. The number of benzene rings is 1. The third-order valence-corrected chi connectivity index (χ3v) is 4.99. The van der Waals surface area contributed by atoms with Crippen molar-refractivity contribution in [2.75, 3.05) is 12.9 Å². The summed E-state index contributed by atoms with van der Waals surface area (Å²) in [7, 11) is 1.37. The van der Waals surface area contributed by atoms with E-state index in [4.69, 9.17) is 0 Å². The van der Waals surface area contributed by atoms with Crippen molar-refractivity contribution in [1.29, 1.82) is 0 Å². The lowest BCUT2D eigenvalue weighted by Crippen LogP contribution is -2.13. The highest BCUT2D eigenvalue weighted by atomic mass is 32.2. The van der Waals surface area contributed by atoms with Gasteiger partial charge in [0, 0.05) is 5.75 Å². The van der Waals surface area contributed by atoms with Crippen molar-refractivity contribution < 1.29 is 22.7 Å². The van der Waals surface area contributed by atoms with E-state index in [9.17, 15) is 18.0 Å². The van der Waals surface area contributed by atoms with Crippen LogP contribution < -0.4 is 0 Å². The molecule has 2 rings (SSSR count). The van der Waals surface area contributed by atoms with Crippen LogP contribution in [0.4, 0.5) is 13.2 Å². The number of rotatable bonds is 6. The Hall–Kier alpha value is -1.17. The van der Waals surface area contributed by atoms with Crippen LogP contribution in [-0.2, 0) is 21.5 Å². The average molecular weight is 318 g/mol. The van der Waals surface area contributed by atoms with Crippen molar-refractivity contribution in [3.05, 3.63) is 35.4 Å². The molecule has 0 bridgehead atoms. The summed E-state index contributed by atoms with van der Waals surface area (Å²) in [5.74, 6) is 1.08. The monoisotopic (exact) mass is 318 g/mol. The van der Waals surface area contributed by atoms with Gasteiger partial charge in [0.2, 0.25) is 0 Å². The zero-order valence-corrected chi connectivity index (χ0v) is 12.5. The van der Waals surface area contributed by atoms with Crippen LogP contribution >= 0.6 is 11.8 Å². The third kappa shape index (κ3) is 4.66. The number of carbonyl (C=O) groups excluding carboxylic acids is 1. The molecule has 1 fully saturated rings. The van der Waals surface area contributed by atoms with Gasteiger partial charge in [-0.05, 0) is 35.6 Å². The van der Waals surface area contributed by atoms with Crippen molar-refractivity contribution in [1.82, 2.24) is 0 Å². The average Bonchev–Trinajstić information content (AvgIpc) is 3.18. The quantitative estimate of drug-likeness (QED) is 0.732. The summed E-state index contributed by atoms with van der Waals surface area (Å²) in [5.41, 5.74) is 0.0411. The molecule has 1 aliphatic rings. The minimum Gasteiger partial charge on any atom is -0.469 e. The summed E-state index contributed by atoms with van der Waals surface area (Å²) in [5, 5.41) is 0. The van der Waals surface area contributed by atoms with Gasteiger partial charge in [0.05, 0.1) is 19.1 Å². The topological polar surface area (TPSA) is 26.3 Å². The smallest absolute Gasteiger partial charge is 0.416 e. The molecule has 0 radical (unpaired) electrons. The largest absolute Gasteiger partial charge is 0.469 e. The van der Waals surface area contributed by atoms with Crippen LogP contribution in [-0.4, -0.2) is 18.8 Å². The van der Waals surface area contributed by atoms with E-state index in [1.165, 1.54) is 19.2 Å². The molecule has 0 atom stereocenters. The van der Waals surface area contributed by atoms with E-state index in [0.717, 1.165) is 24.7 Å². The minimum absolute atomic E-state index is 0.000598. The highest BCUT2D eigenvalue weighted by Gasteiger charge is 2.44. The molecule has 21 heavy (non-hydrogen) atoms. The van der Waals surface area contributed by atoms with Crippen LogP contribution in [0.15, 0.2) is 24.3 Å². The van der Waals surface area contributed by atoms with Crippen LogP contribution in [0.25, 0.3) is 0 Å². The second-order valence-electron chi connectivity index (χ2n) is 5.44. The molecule has 0 spiro atoms. The number of methoxy groups -OCH3 is 1. The van der Waals surface area contributed by atoms with Crippen molar-refractivity contribution in [2.24, 2.45) is 5.41 Å². The fourth-order valence-electron chi connectivity index (χ4n) is 2.15. The Morgan fingerprint density at radius 2 is 2.10 bits per heavy atom. The lowest BCUT2D eigenvalue weighted by molar-refractivity contribution is -0.142. The Morgan fingerprint density at radius 1 is 1.38 bits per heavy atom. The van der Waals surface area contributed by atoms with Crippen molar-refractivity contribution in [3.63, 3.8) is 0 Å². The fourth-order valence-corrected chi connectivity index (χ4v) is 3.49. The summed E-state index contributed by atoms with van der Waals surface area (Å²) in [6, 6.07) is 5.39. The van der Waals surface area contributed by atoms with Gasteiger partial charge < -0.3 is 4.74 Å². The molecule has 1 aromatic carbocycles. The Labute approximate surface area is 126 Å². The van der Waals surface area contributed by atoms with Gasteiger partial charge in [-0.3, -0.25) is 4.79 Å². The number of hydrogen-bond acceptors (Lipinski definition) is 3. The Bertz CT molecular complexity index is 510. The molecule has 1 aliphatic carbocycles. The fraction of sp³-hybridized carbons (Fsp3) is 0.533. The first kappa shape index (κ1) is 16.2. The van der Waals surface area contributed by atoms with Crippen molar-refractivity contribution in [3.8, 4) is 0 Å². The first-order chi connectivity index (χ1) is 9.85. The second kappa shape index (κ2) is 6.30. The molecule has 1 aromatic rings. The normalized spacial score (nSPS) is 16.6. The van der Waals surface area contributed by atoms with Crippen LogP contribution in [0.5, 0.6) is 0 Å². The van der Waals surface area contributed by atoms with Gasteiger partial charge in [-0.2, -0.15) is 24.9 Å². The predicted molar refractivity (Wildman–Crippen MR) is 75.9 cm³/mol. The first-order valence-electron chi connectivity index (χ1n) is 6.65. The Morgan fingerprint density at radius 3 is 2.67 bits per heavy atom. The third-order valence-electron chi connectivity index (χ3n) is 3.64. The van der Waals surface area contributed by atoms with Crippen LogP contribution in [0.1, 0.15) is 30.4 Å². The van der Waals surface area contributed by atoms with Gasteiger partial charge in [-0.1, -0.05) is 18.2 Å². The Balaban J connectivity index is 1.85. The van der Waals surface area contributed by atoms with Crippen LogP contribution in [0.2, 0.25) is 0 Å². The van der Waals surface area contributed by atoms with Crippen molar-refractivity contribution >= 4 is 17.7 Å². The number of esters is 1. The number of carbonyl (C=O) groups is 1. The van der Waals surface area contributed by atoms with Gasteiger partial charge in [0.1, 0.15) is 0 Å². The molecule has 6 heteroatoms. The maximum absolute atomic E-state index is 12.6. The second-order valence-corrected chi connectivity index (χ2v) is 6.43. The summed E-state index contributed by atoms with van der Waals surface area (Å²) >= 11 is 1.57. The van der Waals surface area contributed by atoms with E-state index in [2.05, 4.69) is 4.74 Å². The molecule has 0 aromatic heterocycles. The summed E-state index contributed by atoms with van der Waals surface area (Å²) < 4.78 is 42.5. The van der Waals surface area contributed by atoms with Crippen LogP contribution in [0, 0.1) is 5.41 Å². The van der Waals surface area contributed by atoms with Gasteiger partial charge >= 0.3 is 12.1 Å². The number of hydrogen-bond donors (Lipinski definition) is 0. The highest BCUT2D eigenvalue weighted by Crippen LogP contribution is 2.51. The van der Waals surface area contributed by atoms with E-state index in [1.807, 2.05) is 0 Å². The molecular weight excluding hydrogens is 301 g/mol. The summed E-state index contributed by atoms with van der Waals surface area (Å²) in [6.45, 7) is 0. The highest BCUT2D eigenvalue weighted by molar-refractivity contribution is 7.98. The maximum Gasteiger partial charge on any atom is 0.416 e. The van der Waals surface area contributed by atoms with E-state index in [-0.39, 0.29) is 11.4 Å². The standard InChI is InChI=1S/C15H17F3O2S/c1-20-13(19)8-14(5-6-14)10-21-9-11-3-2-4-12(7-11)15(16,17)18/h2-4,7H,5-6,8-10H2,1H3. The molecular formula is C15H17F3O2S. The zero-order chi connectivity index (χ0) is 15.5. The van der Waals surface area contributed by atoms with E-state index < -0.39 is 11.7 Å². The van der Waals surface area contributed by atoms with E-state index in [0.29, 0.717) is 17.7 Å². The van der Waals surface area contributed by atoms with Crippen molar-refractivity contribution in [2.45, 2.75) is 31.2 Å². The molecule has 1 saturated carbocycles. The molecule has 0 heterocycles. The van der Waals surface area contributed by atoms with Gasteiger partial charge in [-0.15, -0.1) is 0 Å². The Kier molecular flexibility index (Phi) is 4.86. The SMILES string of the molecule is COC(=O)CC1(CSCc2cccc(C(F)(F)F)c2)CC1. The molecule has 0 saturated heterocycles. The summed E-state index contributed by atoms with van der Waals surface area (Å²) in [4.78, 5) is 11.3. The zero-order valence-electron chi connectivity index (χ0n) is 11.7. The van der Waals surface area contributed by atoms with Gasteiger partial charge in [-0.25, -0.2) is 0 Å². The van der Waals surface area contributed by atoms with E-state index in [1.54, 1.807) is 17.8 Å². The lowest BCUT2D eigenvalue weighted by Gasteiger charge is -2.13. The molecule has 116 valence electrons. The molecule has 0 N–H and O–H groups in total. The number of thioether (sulfide) groups is 1. The summed E-state index contributed by atoms with van der Waals surface area (Å²) in [6.07, 6.45) is -1.93. The molecule has 0 unspecified atom stereocenters. The van der Waals surface area contributed by atoms with E-state index >= 15 is 0 Å².